The van der Waals surface area contributed by atoms with Crippen LogP contribution in [-0.4, -0.2) is 52.8 Å². The molecule has 1 aromatic heterocycles. The van der Waals surface area contributed by atoms with Gasteiger partial charge in [0.05, 0.1) is 5.56 Å². The molecule has 2 fully saturated rings. The summed E-state index contributed by atoms with van der Waals surface area (Å²) in [5, 5.41) is 0. The van der Waals surface area contributed by atoms with Gasteiger partial charge < -0.3 is 14.8 Å². The van der Waals surface area contributed by atoms with Crippen molar-refractivity contribution in [3.8, 4) is 0 Å². The van der Waals surface area contributed by atoms with Gasteiger partial charge >= 0.3 is 0 Å². The van der Waals surface area contributed by atoms with Gasteiger partial charge in [0.2, 0.25) is 5.91 Å². The van der Waals surface area contributed by atoms with Crippen LogP contribution < -0.4 is 0 Å². The summed E-state index contributed by atoms with van der Waals surface area (Å²) in [6.45, 7) is 6.72. The highest BCUT2D eigenvalue weighted by Crippen LogP contribution is 2.28. The largest absolute Gasteiger partial charge is 0.362 e. The molecular formula is C17H25N3O2. The molecule has 0 atom stereocenters. The Morgan fingerprint density at radius 1 is 1.05 bits per heavy atom. The van der Waals surface area contributed by atoms with E-state index in [9.17, 15) is 9.59 Å². The van der Waals surface area contributed by atoms with E-state index in [-0.39, 0.29) is 11.8 Å². The normalized spacial score (nSPS) is 19.7. The molecule has 2 aliphatic rings. The number of nitrogens with zero attached hydrogens (tertiary/aromatic N) is 2. The fourth-order valence-corrected chi connectivity index (χ4v) is 3.37. The van der Waals surface area contributed by atoms with Crippen molar-refractivity contribution in [1.82, 2.24) is 14.8 Å². The summed E-state index contributed by atoms with van der Waals surface area (Å²) >= 11 is 0. The summed E-state index contributed by atoms with van der Waals surface area (Å²) in [6.07, 6.45) is 4.13. The number of hydrogen-bond acceptors (Lipinski definition) is 2. The van der Waals surface area contributed by atoms with Crippen molar-refractivity contribution in [3.63, 3.8) is 0 Å². The number of aromatic nitrogens is 1. The first kappa shape index (κ1) is 15.1. The van der Waals surface area contributed by atoms with Gasteiger partial charge in [0.15, 0.2) is 0 Å². The second kappa shape index (κ2) is 6.15. The first-order valence-corrected chi connectivity index (χ1v) is 8.30. The summed E-state index contributed by atoms with van der Waals surface area (Å²) in [6, 6.07) is 1.92. The van der Waals surface area contributed by atoms with Crippen LogP contribution in [0.4, 0.5) is 0 Å². The second-order valence-electron chi connectivity index (χ2n) is 6.59. The molecule has 3 rings (SSSR count). The van der Waals surface area contributed by atoms with E-state index in [0.717, 1.165) is 49.3 Å². The van der Waals surface area contributed by atoms with Gasteiger partial charge in [-0.15, -0.1) is 0 Å². The van der Waals surface area contributed by atoms with E-state index in [1.54, 1.807) is 0 Å². The van der Waals surface area contributed by atoms with Crippen molar-refractivity contribution in [2.45, 2.75) is 39.5 Å². The Balaban J connectivity index is 1.63. The van der Waals surface area contributed by atoms with Gasteiger partial charge in [-0.1, -0.05) is 6.42 Å². The van der Waals surface area contributed by atoms with Crippen LogP contribution in [0.3, 0.4) is 0 Å². The molecule has 2 amide bonds. The molecular weight excluding hydrogens is 278 g/mol. The highest BCUT2D eigenvalue weighted by atomic mass is 16.2. The van der Waals surface area contributed by atoms with Crippen LogP contribution >= 0.6 is 0 Å². The molecule has 1 aliphatic carbocycles. The van der Waals surface area contributed by atoms with Gasteiger partial charge in [0, 0.05) is 43.5 Å². The van der Waals surface area contributed by atoms with E-state index in [1.165, 1.54) is 6.42 Å². The average molecular weight is 303 g/mol. The average Bonchev–Trinajstić information content (AvgIpc) is 2.64. The van der Waals surface area contributed by atoms with Crippen LogP contribution in [0.5, 0.6) is 0 Å². The van der Waals surface area contributed by atoms with Crippen molar-refractivity contribution in [2.75, 3.05) is 26.2 Å². The van der Waals surface area contributed by atoms with E-state index in [4.69, 9.17) is 0 Å². The number of aryl methyl sites for hydroxylation is 2. The van der Waals surface area contributed by atoms with Gasteiger partial charge in [-0.2, -0.15) is 0 Å². The van der Waals surface area contributed by atoms with Crippen LogP contribution in [0.1, 0.15) is 47.4 Å². The standard InChI is InChI=1S/C17H25N3O2/c1-12-11-15(13(2)18-12)17(22)20-8-4-7-19(9-10-20)16(21)14-5-3-6-14/h11,14,18H,3-10H2,1-2H3. The van der Waals surface area contributed by atoms with E-state index in [1.807, 2.05) is 29.7 Å². The van der Waals surface area contributed by atoms with E-state index in [0.29, 0.717) is 19.0 Å². The third-order valence-corrected chi connectivity index (χ3v) is 4.93. The molecule has 5 nitrogen and oxygen atoms in total. The summed E-state index contributed by atoms with van der Waals surface area (Å²) in [5.41, 5.74) is 2.70. The van der Waals surface area contributed by atoms with Crippen LogP contribution in [0, 0.1) is 19.8 Å². The maximum Gasteiger partial charge on any atom is 0.255 e. The highest BCUT2D eigenvalue weighted by molar-refractivity contribution is 5.95. The number of rotatable bonds is 2. The third-order valence-electron chi connectivity index (χ3n) is 4.93. The molecule has 5 heteroatoms. The third kappa shape index (κ3) is 2.89. The van der Waals surface area contributed by atoms with Gasteiger partial charge in [0.25, 0.3) is 5.91 Å². The van der Waals surface area contributed by atoms with Crippen LogP contribution in [0.15, 0.2) is 6.07 Å². The van der Waals surface area contributed by atoms with Crippen molar-refractivity contribution in [3.05, 3.63) is 23.0 Å². The number of amides is 2. The molecule has 1 saturated heterocycles. The maximum absolute atomic E-state index is 12.7. The lowest BCUT2D eigenvalue weighted by Gasteiger charge is -2.31. The first-order valence-electron chi connectivity index (χ1n) is 8.30. The number of H-pyrrole nitrogens is 1. The Labute approximate surface area is 131 Å². The quantitative estimate of drug-likeness (QED) is 0.909. The molecule has 1 saturated carbocycles. The molecule has 22 heavy (non-hydrogen) atoms. The topological polar surface area (TPSA) is 56.4 Å². The van der Waals surface area contributed by atoms with Gasteiger partial charge in [0.1, 0.15) is 0 Å². The zero-order chi connectivity index (χ0) is 15.7. The van der Waals surface area contributed by atoms with Gasteiger partial charge in [-0.25, -0.2) is 0 Å². The predicted octanol–water partition coefficient (Wildman–Crippen LogP) is 2.11. The van der Waals surface area contributed by atoms with E-state index in [2.05, 4.69) is 4.98 Å². The van der Waals surface area contributed by atoms with E-state index < -0.39 is 0 Å². The molecule has 0 bridgehead atoms. The van der Waals surface area contributed by atoms with Crippen LogP contribution in [-0.2, 0) is 4.79 Å². The maximum atomic E-state index is 12.7. The molecule has 1 N–H and O–H groups in total. The smallest absolute Gasteiger partial charge is 0.255 e. The zero-order valence-electron chi connectivity index (χ0n) is 13.5. The minimum Gasteiger partial charge on any atom is -0.362 e. The van der Waals surface area contributed by atoms with Crippen molar-refractivity contribution >= 4 is 11.8 Å². The summed E-state index contributed by atoms with van der Waals surface area (Å²) in [4.78, 5) is 32.1. The van der Waals surface area contributed by atoms with Crippen molar-refractivity contribution in [1.29, 1.82) is 0 Å². The SMILES string of the molecule is Cc1cc(C(=O)N2CCCN(C(=O)C3CCC3)CC2)c(C)[nH]1. The highest BCUT2D eigenvalue weighted by Gasteiger charge is 2.31. The van der Waals surface area contributed by atoms with Crippen molar-refractivity contribution < 1.29 is 9.59 Å². The molecule has 0 spiro atoms. The number of nitrogens with one attached hydrogen (secondary N) is 1. The van der Waals surface area contributed by atoms with Crippen LogP contribution in [0.2, 0.25) is 0 Å². The second-order valence-corrected chi connectivity index (χ2v) is 6.59. The molecule has 2 heterocycles. The lowest BCUT2D eigenvalue weighted by atomic mass is 9.84. The molecule has 0 aromatic carbocycles. The Bertz CT molecular complexity index is 574. The van der Waals surface area contributed by atoms with Crippen LogP contribution in [0.25, 0.3) is 0 Å². The minimum absolute atomic E-state index is 0.0831. The summed E-state index contributed by atoms with van der Waals surface area (Å²) in [5.74, 6) is 0.630. The Kier molecular flexibility index (Phi) is 4.23. The van der Waals surface area contributed by atoms with E-state index >= 15 is 0 Å². The molecule has 120 valence electrons. The lowest BCUT2D eigenvalue weighted by molar-refractivity contribution is -0.138. The number of carbonyl (C=O) groups is 2. The van der Waals surface area contributed by atoms with Gasteiger partial charge in [-0.3, -0.25) is 9.59 Å². The van der Waals surface area contributed by atoms with Gasteiger partial charge in [-0.05, 0) is 39.2 Å². The van der Waals surface area contributed by atoms with Crippen molar-refractivity contribution in [2.24, 2.45) is 5.92 Å². The lowest BCUT2D eigenvalue weighted by Crippen LogP contribution is -2.41. The first-order chi connectivity index (χ1) is 10.6. The number of hydrogen-bond donors (Lipinski definition) is 1. The molecule has 1 aliphatic heterocycles. The number of aromatic amines is 1. The Hall–Kier alpha value is -1.78. The monoisotopic (exact) mass is 303 g/mol. The summed E-state index contributed by atoms with van der Waals surface area (Å²) in [7, 11) is 0. The molecule has 0 radical (unpaired) electrons. The number of carbonyl (C=O) groups excluding carboxylic acids is 2. The fraction of sp³-hybridized carbons (Fsp3) is 0.647. The zero-order valence-corrected chi connectivity index (χ0v) is 13.5. The minimum atomic E-state index is 0.0831. The summed E-state index contributed by atoms with van der Waals surface area (Å²) < 4.78 is 0. The predicted molar refractivity (Wildman–Crippen MR) is 84.7 cm³/mol. The Morgan fingerprint density at radius 2 is 1.73 bits per heavy atom. The molecule has 0 unspecified atom stereocenters. The molecule has 1 aromatic rings. The Morgan fingerprint density at radius 3 is 2.32 bits per heavy atom. The fourth-order valence-electron chi connectivity index (χ4n) is 3.37.